The number of amides is 1. The molecule has 0 aliphatic carbocycles. The first kappa shape index (κ1) is 29.5. The number of carbonyl (C=O) groups excluding carboxylic acids is 1. The molecule has 9 nitrogen and oxygen atoms in total. The van der Waals surface area contributed by atoms with Crippen molar-refractivity contribution in [2.45, 2.75) is 38.1 Å². The molecule has 216 valence electrons. The summed E-state index contributed by atoms with van der Waals surface area (Å²) in [7, 11) is 1.45. The molecule has 1 amide bonds. The molecule has 0 unspecified atom stereocenters. The SMILES string of the molecule is COc1ccc2ncc(Nc3ccc([C@@H](N(C)C(=O)C4CCS(=N)(=O)CC4)C(F)(F)F)cc3)c([C@@H](C)OC)c2n1. The zero-order chi connectivity index (χ0) is 29.2. The number of pyridine rings is 2. The van der Waals surface area contributed by atoms with Crippen LogP contribution in [0.5, 0.6) is 5.88 Å². The maximum atomic E-state index is 14.2. The Labute approximate surface area is 231 Å². The molecular formula is C27H32F3N5O4S. The number of nitrogens with zero attached hydrogens (tertiary/aromatic N) is 3. The molecular weight excluding hydrogens is 547 g/mol. The number of hydrogen-bond donors (Lipinski definition) is 2. The number of benzene rings is 1. The van der Waals surface area contributed by atoms with Crippen LogP contribution in [0.25, 0.3) is 11.0 Å². The van der Waals surface area contributed by atoms with E-state index in [-0.39, 0.29) is 36.0 Å². The Morgan fingerprint density at radius 3 is 2.38 bits per heavy atom. The molecule has 3 heterocycles. The van der Waals surface area contributed by atoms with Gasteiger partial charge in [0.05, 0.1) is 30.6 Å². The highest BCUT2D eigenvalue weighted by Gasteiger charge is 2.46. The van der Waals surface area contributed by atoms with Gasteiger partial charge in [0, 0.05) is 58.6 Å². The van der Waals surface area contributed by atoms with Gasteiger partial charge in [0.25, 0.3) is 0 Å². The van der Waals surface area contributed by atoms with Gasteiger partial charge >= 0.3 is 6.18 Å². The highest BCUT2D eigenvalue weighted by atomic mass is 32.2. The lowest BCUT2D eigenvalue weighted by molar-refractivity contribution is -0.190. The van der Waals surface area contributed by atoms with E-state index >= 15 is 0 Å². The van der Waals surface area contributed by atoms with E-state index in [4.69, 9.17) is 14.3 Å². The number of ether oxygens (including phenoxy) is 2. The molecule has 3 aromatic rings. The predicted octanol–water partition coefficient (Wildman–Crippen LogP) is 5.61. The van der Waals surface area contributed by atoms with E-state index in [1.807, 2.05) is 6.92 Å². The third-order valence-corrected chi connectivity index (χ3v) is 8.98. The molecule has 4 rings (SSSR count). The average Bonchev–Trinajstić information content (AvgIpc) is 2.92. The fourth-order valence-corrected chi connectivity index (χ4v) is 6.46. The molecule has 2 N–H and O–H groups in total. The van der Waals surface area contributed by atoms with Crippen molar-refractivity contribution in [3.05, 3.63) is 53.7 Å². The third-order valence-electron chi connectivity index (χ3n) is 7.19. The summed E-state index contributed by atoms with van der Waals surface area (Å²) in [6.07, 6.45) is -3.21. The van der Waals surface area contributed by atoms with Crippen LogP contribution >= 0.6 is 0 Å². The number of hydrogen-bond acceptors (Lipinski definition) is 8. The van der Waals surface area contributed by atoms with Crippen molar-refractivity contribution in [2.24, 2.45) is 5.92 Å². The molecule has 40 heavy (non-hydrogen) atoms. The van der Waals surface area contributed by atoms with Gasteiger partial charge in [-0.15, -0.1) is 0 Å². The smallest absolute Gasteiger partial charge is 0.413 e. The maximum absolute atomic E-state index is 14.2. The number of anilines is 2. The summed E-state index contributed by atoms with van der Waals surface area (Å²) < 4.78 is 73.1. The van der Waals surface area contributed by atoms with Crippen molar-refractivity contribution >= 4 is 38.0 Å². The number of halogens is 3. The standard InChI is InChI=1S/C27H32F3N5O4S/c1-16(38-3)23-21(15-32-20-9-10-22(39-4)34-24(20)23)33-19-7-5-17(6-8-19)25(27(28,29)30)35(2)26(36)18-11-13-40(31,37)14-12-18/h5-10,15-16,18,25,31,33H,11-14H2,1-4H3/t16-,18?,25-,40?/m1/s1. The van der Waals surface area contributed by atoms with E-state index in [1.54, 1.807) is 25.4 Å². The van der Waals surface area contributed by atoms with Crippen LogP contribution in [0, 0.1) is 10.7 Å². The first-order valence-corrected chi connectivity index (χ1v) is 14.5. The predicted molar refractivity (Wildman–Crippen MR) is 146 cm³/mol. The second-order valence-corrected chi connectivity index (χ2v) is 12.3. The van der Waals surface area contributed by atoms with E-state index in [0.717, 1.165) is 11.9 Å². The summed E-state index contributed by atoms with van der Waals surface area (Å²) in [6.45, 7) is 1.85. The fourth-order valence-electron chi connectivity index (χ4n) is 4.92. The van der Waals surface area contributed by atoms with Crippen molar-refractivity contribution in [2.75, 3.05) is 38.1 Å². The molecule has 1 fully saturated rings. The van der Waals surface area contributed by atoms with Crippen molar-refractivity contribution in [1.82, 2.24) is 14.9 Å². The summed E-state index contributed by atoms with van der Waals surface area (Å²) in [4.78, 5) is 22.7. The Morgan fingerprint density at radius 2 is 1.80 bits per heavy atom. The lowest BCUT2D eigenvalue weighted by Gasteiger charge is -2.34. The molecule has 1 aromatic carbocycles. The van der Waals surface area contributed by atoms with Crippen LogP contribution in [0.15, 0.2) is 42.6 Å². The van der Waals surface area contributed by atoms with Crippen molar-refractivity contribution in [3.8, 4) is 5.88 Å². The minimum Gasteiger partial charge on any atom is -0.481 e. The van der Waals surface area contributed by atoms with Crippen LogP contribution in [0.1, 0.15) is 43.0 Å². The normalized spacial score (nSPS) is 21.0. The Bertz CT molecular complexity index is 1470. The van der Waals surface area contributed by atoms with Crippen LogP contribution in [-0.4, -0.2) is 63.9 Å². The van der Waals surface area contributed by atoms with Crippen LogP contribution in [0.3, 0.4) is 0 Å². The van der Waals surface area contributed by atoms with Crippen molar-refractivity contribution in [1.29, 1.82) is 4.78 Å². The lowest BCUT2D eigenvalue weighted by Crippen LogP contribution is -2.44. The summed E-state index contributed by atoms with van der Waals surface area (Å²) in [5.74, 6) is -0.917. The monoisotopic (exact) mass is 579 g/mol. The first-order valence-electron chi connectivity index (χ1n) is 12.7. The zero-order valence-corrected chi connectivity index (χ0v) is 23.4. The largest absolute Gasteiger partial charge is 0.481 e. The summed E-state index contributed by atoms with van der Waals surface area (Å²) in [5, 5.41) is 3.20. The average molecular weight is 580 g/mol. The number of carbonyl (C=O) groups is 1. The first-order chi connectivity index (χ1) is 18.8. The van der Waals surface area contributed by atoms with Crippen LogP contribution in [-0.2, 0) is 19.3 Å². The van der Waals surface area contributed by atoms with Crippen LogP contribution in [0.2, 0.25) is 0 Å². The minimum absolute atomic E-state index is 0.0178. The topological polar surface area (TPSA) is 118 Å². The van der Waals surface area contributed by atoms with Gasteiger partial charge in [0.15, 0.2) is 6.04 Å². The van der Waals surface area contributed by atoms with E-state index in [2.05, 4.69) is 15.3 Å². The fraction of sp³-hybridized carbons (Fsp3) is 0.444. The Balaban J connectivity index is 1.61. The molecule has 1 saturated heterocycles. The van der Waals surface area contributed by atoms with Gasteiger partial charge in [0.1, 0.15) is 5.52 Å². The molecule has 13 heteroatoms. The van der Waals surface area contributed by atoms with Gasteiger partial charge in [-0.25, -0.2) is 9.19 Å². The van der Waals surface area contributed by atoms with E-state index < -0.39 is 33.8 Å². The van der Waals surface area contributed by atoms with E-state index in [0.29, 0.717) is 33.9 Å². The van der Waals surface area contributed by atoms with Gasteiger partial charge in [-0.2, -0.15) is 13.2 Å². The molecule has 1 aliphatic heterocycles. The number of fused-ring (bicyclic) bond motifs is 1. The number of alkyl halides is 3. The third kappa shape index (κ3) is 6.30. The molecule has 0 bridgehead atoms. The van der Waals surface area contributed by atoms with Gasteiger partial charge in [-0.3, -0.25) is 14.6 Å². The number of rotatable bonds is 8. The Hall–Kier alpha value is -3.45. The molecule has 2 aromatic heterocycles. The zero-order valence-electron chi connectivity index (χ0n) is 22.6. The highest BCUT2D eigenvalue weighted by Crippen LogP contribution is 2.39. The van der Waals surface area contributed by atoms with Gasteiger partial charge < -0.3 is 19.7 Å². The Kier molecular flexibility index (Phi) is 8.55. The molecule has 2 atom stereocenters. The van der Waals surface area contributed by atoms with Gasteiger partial charge in [0.2, 0.25) is 11.8 Å². The van der Waals surface area contributed by atoms with Gasteiger partial charge in [-0.05, 0) is 43.5 Å². The second-order valence-electron chi connectivity index (χ2n) is 9.82. The number of methoxy groups -OCH3 is 2. The summed E-state index contributed by atoms with van der Waals surface area (Å²) >= 11 is 0. The van der Waals surface area contributed by atoms with E-state index in [1.165, 1.54) is 31.4 Å². The number of nitrogens with one attached hydrogen (secondary N) is 2. The highest BCUT2D eigenvalue weighted by molar-refractivity contribution is 7.92. The minimum atomic E-state index is -4.72. The second kappa shape index (κ2) is 11.6. The molecule has 1 aliphatic rings. The molecule has 0 spiro atoms. The molecule has 0 saturated carbocycles. The van der Waals surface area contributed by atoms with Crippen molar-refractivity contribution < 1.29 is 31.6 Å². The van der Waals surface area contributed by atoms with Crippen molar-refractivity contribution in [3.63, 3.8) is 0 Å². The summed E-state index contributed by atoms with van der Waals surface area (Å²) in [5.41, 5.74) is 2.88. The Morgan fingerprint density at radius 1 is 1.15 bits per heavy atom. The van der Waals surface area contributed by atoms with E-state index in [9.17, 15) is 22.2 Å². The van der Waals surface area contributed by atoms with Crippen LogP contribution < -0.4 is 10.1 Å². The van der Waals surface area contributed by atoms with Crippen LogP contribution in [0.4, 0.5) is 24.5 Å². The molecule has 0 radical (unpaired) electrons. The maximum Gasteiger partial charge on any atom is 0.413 e. The quantitative estimate of drug-likeness (QED) is 0.356. The number of aromatic nitrogens is 2. The summed E-state index contributed by atoms with van der Waals surface area (Å²) in [6, 6.07) is 6.99. The van der Waals surface area contributed by atoms with Gasteiger partial charge in [-0.1, -0.05) is 12.1 Å². The lowest BCUT2D eigenvalue weighted by atomic mass is 9.98.